The Labute approximate surface area is 179 Å². The fourth-order valence-electron chi connectivity index (χ4n) is 3.14. The van der Waals surface area contributed by atoms with E-state index < -0.39 is 0 Å². The van der Waals surface area contributed by atoms with Crippen LogP contribution in [0.3, 0.4) is 0 Å². The molecule has 1 aliphatic heterocycles. The summed E-state index contributed by atoms with van der Waals surface area (Å²) in [5.41, 5.74) is 6.41. The molecule has 0 unspecified atom stereocenters. The topological polar surface area (TPSA) is 39.7 Å². The molecule has 1 heterocycles. The lowest BCUT2D eigenvalue weighted by molar-refractivity contribution is 0.806. The van der Waals surface area contributed by atoms with Gasteiger partial charge in [0.05, 0.1) is 0 Å². The molecule has 0 saturated carbocycles. The molecule has 2 N–H and O–H groups in total. The molecule has 0 aromatic heterocycles. The van der Waals surface area contributed by atoms with E-state index in [1.807, 2.05) is 0 Å². The molecule has 0 saturated heterocycles. The molecule has 0 aliphatic carbocycles. The van der Waals surface area contributed by atoms with Crippen LogP contribution in [0.5, 0.6) is 0 Å². The molecule has 4 nitrogen and oxygen atoms in total. The van der Waals surface area contributed by atoms with Crippen molar-refractivity contribution in [3.63, 3.8) is 0 Å². The first-order valence-corrected chi connectivity index (χ1v) is 9.15. The van der Waals surface area contributed by atoms with Crippen molar-refractivity contribution in [1.29, 1.82) is 0 Å². The maximum atomic E-state index is 4.32. The number of hydrogen-bond donors (Lipinski definition) is 2. The zero-order valence-corrected chi connectivity index (χ0v) is 18.7. The van der Waals surface area contributed by atoms with Gasteiger partial charge in [-0.05, 0) is 42.7 Å². The fourth-order valence-corrected chi connectivity index (χ4v) is 3.14. The molecule has 0 fully saturated rings. The minimum absolute atomic E-state index is 0. The first kappa shape index (κ1) is 21.3. The highest BCUT2D eigenvalue weighted by atomic mass is 127. The van der Waals surface area contributed by atoms with E-state index in [-0.39, 0.29) is 24.0 Å². The Bertz CT molecular complexity index is 788. The largest absolute Gasteiger partial charge is 0.364 e. The SMILES string of the molecule is CN=C(NCc1ccc(N2CC=CC2)cc1)NCc1ccc(C)cc1C.I. The molecular formula is C22H29IN4. The summed E-state index contributed by atoms with van der Waals surface area (Å²) in [4.78, 5) is 6.67. The quantitative estimate of drug-likeness (QED) is 0.295. The second kappa shape index (κ2) is 10.3. The third-order valence-corrected chi connectivity index (χ3v) is 4.75. The van der Waals surface area contributed by atoms with Crippen LogP contribution in [0.1, 0.15) is 22.3 Å². The first-order valence-electron chi connectivity index (χ1n) is 9.15. The summed E-state index contributed by atoms with van der Waals surface area (Å²) < 4.78 is 0. The van der Waals surface area contributed by atoms with Crippen LogP contribution in [-0.4, -0.2) is 26.1 Å². The smallest absolute Gasteiger partial charge is 0.191 e. The Morgan fingerprint density at radius 2 is 1.63 bits per heavy atom. The maximum Gasteiger partial charge on any atom is 0.191 e. The Morgan fingerprint density at radius 3 is 2.26 bits per heavy atom. The van der Waals surface area contributed by atoms with E-state index in [1.54, 1.807) is 7.05 Å². The summed E-state index contributed by atoms with van der Waals surface area (Å²) in [5, 5.41) is 6.78. The van der Waals surface area contributed by atoms with Gasteiger partial charge in [0.2, 0.25) is 0 Å². The second-order valence-electron chi connectivity index (χ2n) is 6.75. The lowest BCUT2D eigenvalue weighted by atomic mass is 10.1. The van der Waals surface area contributed by atoms with Crippen molar-refractivity contribution in [2.45, 2.75) is 26.9 Å². The van der Waals surface area contributed by atoms with E-state index >= 15 is 0 Å². The molecule has 5 heteroatoms. The zero-order valence-electron chi connectivity index (χ0n) is 16.3. The normalized spacial score (nSPS) is 13.4. The van der Waals surface area contributed by atoms with E-state index in [2.05, 4.69) is 89.0 Å². The first-order chi connectivity index (χ1) is 12.7. The van der Waals surface area contributed by atoms with Crippen LogP contribution < -0.4 is 15.5 Å². The summed E-state index contributed by atoms with van der Waals surface area (Å²) in [6.07, 6.45) is 4.42. The monoisotopic (exact) mass is 476 g/mol. The van der Waals surface area contributed by atoms with Crippen LogP contribution in [-0.2, 0) is 13.1 Å². The summed E-state index contributed by atoms with van der Waals surface area (Å²) in [6.45, 7) is 7.81. The molecule has 0 bridgehead atoms. The van der Waals surface area contributed by atoms with Crippen LogP contribution in [0.25, 0.3) is 0 Å². The van der Waals surface area contributed by atoms with Crippen molar-refractivity contribution in [2.24, 2.45) is 4.99 Å². The number of aliphatic imine (C=N–C) groups is 1. The van der Waals surface area contributed by atoms with Gasteiger partial charge in [-0.15, -0.1) is 24.0 Å². The maximum absolute atomic E-state index is 4.32. The molecule has 2 aromatic rings. The standard InChI is InChI=1S/C22H28N4.HI/c1-17-6-9-20(18(2)14-17)16-25-22(23-3)24-15-19-7-10-21(11-8-19)26-12-4-5-13-26;/h4-11,14H,12-13,15-16H2,1-3H3,(H2,23,24,25);1H. The van der Waals surface area contributed by atoms with Gasteiger partial charge >= 0.3 is 0 Å². The Kier molecular flexibility index (Phi) is 8.16. The van der Waals surface area contributed by atoms with Crippen LogP contribution in [0.4, 0.5) is 5.69 Å². The van der Waals surface area contributed by atoms with Crippen LogP contribution in [0.15, 0.2) is 59.6 Å². The fraction of sp³-hybridized carbons (Fsp3) is 0.318. The van der Waals surface area contributed by atoms with Gasteiger partial charge in [-0.25, -0.2) is 0 Å². The van der Waals surface area contributed by atoms with Crippen molar-refractivity contribution in [2.75, 3.05) is 25.0 Å². The van der Waals surface area contributed by atoms with Gasteiger partial charge < -0.3 is 15.5 Å². The third kappa shape index (κ3) is 5.99. The molecule has 3 rings (SSSR count). The highest BCUT2D eigenvalue weighted by molar-refractivity contribution is 14.0. The van der Waals surface area contributed by atoms with E-state index in [9.17, 15) is 0 Å². The van der Waals surface area contributed by atoms with E-state index in [0.29, 0.717) is 0 Å². The Balaban J connectivity index is 0.00000261. The number of hydrogen-bond acceptors (Lipinski definition) is 2. The molecule has 0 spiro atoms. The molecule has 0 radical (unpaired) electrons. The van der Waals surface area contributed by atoms with Gasteiger partial charge in [0.1, 0.15) is 0 Å². The van der Waals surface area contributed by atoms with Crippen molar-refractivity contribution in [3.8, 4) is 0 Å². The molecular weight excluding hydrogens is 447 g/mol. The van der Waals surface area contributed by atoms with E-state index in [0.717, 1.165) is 32.1 Å². The molecule has 0 atom stereocenters. The van der Waals surface area contributed by atoms with Crippen molar-refractivity contribution in [1.82, 2.24) is 10.6 Å². The van der Waals surface area contributed by atoms with Gasteiger partial charge in [0.15, 0.2) is 5.96 Å². The number of rotatable bonds is 5. The van der Waals surface area contributed by atoms with Crippen molar-refractivity contribution < 1.29 is 0 Å². The molecule has 2 aromatic carbocycles. The number of nitrogens with one attached hydrogen (secondary N) is 2. The highest BCUT2D eigenvalue weighted by Crippen LogP contribution is 2.17. The number of aryl methyl sites for hydroxylation is 2. The number of nitrogens with zero attached hydrogens (tertiary/aromatic N) is 2. The minimum Gasteiger partial charge on any atom is -0.364 e. The summed E-state index contributed by atoms with van der Waals surface area (Å²) in [5.74, 6) is 0.817. The average molecular weight is 476 g/mol. The van der Waals surface area contributed by atoms with Crippen LogP contribution in [0, 0.1) is 13.8 Å². The molecule has 144 valence electrons. The van der Waals surface area contributed by atoms with E-state index in [4.69, 9.17) is 0 Å². The zero-order chi connectivity index (χ0) is 18.4. The number of halogens is 1. The highest BCUT2D eigenvalue weighted by Gasteiger charge is 2.07. The lowest BCUT2D eigenvalue weighted by Gasteiger charge is -2.18. The van der Waals surface area contributed by atoms with E-state index in [1.165, 1.54) is 27.9 Å². The number of anilines is 1. The van der Waals surface area contributed by atoms with Gasteiger partial charge in [0, 0.05) is 38.9 Å². The molecule has 1 aliphatic rings. The second-order valence-corrected chi connectivity index (χ2v) is 6.75. The molecule has 27 heavy (non-hydrogen) atoms. The predicted molar refractivity (Wildman–Crippen MR) is 126 cm³/mol. The Hall–Kier alpha value is -2.02. The van der Waals surface area contributed by atoms with Crippen molar-refractivity contribution in [3.05, 3.63) is 76.9 Å². The van der Waals surface area contributed by atoms with Gasteiger partial charge in [0.25, 0.3) is 0 Å². The predicted octanol–water partition coefficient (Wildman–Crippen LogP) is 4.16. The minimum atomic E-state index is 0. The van der Waals surface area contributed by atoms with Crippen LogP contribution >= 0.6 is 24.0 Å². The van der Waals surface area contributed by atoms with Crippen LogP contribution in [0.2, 0.25) is 0 Å². The van der Waals surface area contributed by atoms with Crippen molar-refractivity contribution >= 4 is 35.6 Å². The van der Waals surface area contributed by atoms with Gasteiger partial charge in [-0.3, -0.25) is 4.99 Å². The summed E-state index contributed by atoms with van der Waals surface area (Å²) >= 11 is 0. The lowest BCUT2D eigenvalue weighted by Crippen LogP contribution is -2.36. The Morgan fingerprint density at radius 1 is 0.963 bits per heavy atom. The van der Waals surface area contributed by atoms with Gasteiger partial charge in [-0.1, -0.05) is 48.0 Å². The third-order valence-electron chi connectivity index (χ3n) is 4.75. The molecule has 0 amide bonds. The summed E-state index contributed by atoms with van der Waals surface area (Å²) in [6, 6.07) is 15.3. The van der Waals surface area contributed by atoms with Gasteiger partial charge in [-0.2, -0.15) is 0 Å². The number of benzene rings is 2. The average Bonchev–Trinajstić information content (AvgIpc) is 3.18. The summed E-state index contributed by atoms with van der Waals surface area (Å²) in [7, 11) is 1.81. The number of guanidine groups is 1.